The fraction of sp³-hybridized carbons (Fsp3) is 0.632. The van der Waals surface area contributed by atoms with Crippen LogP contribution in [0.15, 0.2) is 18.2 Å². The molecular weight excluding hydrogens is 288 g/mol. The van der Waals surface area contributed by atoms with Crippen molar-refractivity contribution in [1.82, 2.24) is 0 Å². The molecule has 1 amide bonds. The Kier molecular flexibility index (Phi) is 5.35. The minimum Gasteiger partial charge on any atom is -0.478 e. The number of carbonyl (C=O) groups is 1. The predicted molar refractivity (Wildman–Crippen MR) is 94.8 cm³/mol. The fourth-order valence-corrected chi connectivity index (χ4v) is 2.84. The Morgan fingerprint density at radius 2 is 2.00 bits per heavy atom. The van der Waals surface area contributed by atoms with Crippen molar-refractivity contribution in [2.75, 3.05) is 11.4 Å². The largest absolute Gasteiger partial charge is 0.478 e. The summed E-state index contributed by atoms with van der Waals surface area (Å²) in [5.41, 5.74) is 8.27. The van der Waals surface area contributed by atoms with E-state index in [0.29, 0.717) is 6.42 Å². The highest BCUT2D eigenvalue weighted by atomic mass is 16.5. The van der Waals surface area contributed by atoms with Gasteiger partial charge in [-0.2, -0.15) is 0 Å². The molecule has 0 spiro atoms. The number of ether oxygens (including phenoxy) is 1. The molecule has 1 heterocycles. The van der Waals surface area contributed by atoms with E-state index in [1.807, 2.05) is 30.0 Å². The highest BCUT2D eigenvalue weighted by Gasteiger charge is 2.34. The quantitative estimate of drug-likeness (QED) is 0.891. The van der Waals surface area contributed by atoms with Gasteiger partial charge in [-0.05, 0) is 36.0 Å². The van der Waals surface area contributed by atoms with E-state index in [-0.39, 0.29) is 23.5 Å². The average Bonchev–Trinajstić information content (AvgIpc) is 2.51. The van der Waals surface area contributed by atoms with Crippen LogP contribution in [-0.4, -0.2) is 18.6 Å². The van der Waals surface area contributed by atoms with Gasteiger partial charge in [-0.25, -0.2) is 0 Å². The summed E-state index contributed by atoms with van der Waals surface area (Å²) in [6.45, 7) is 11.2. The van der Waals surface area contributed by atoms with Crippen molar-refractivity contribution in [3.63, 3.8) is 0 Å². The normalized spacial score (nSPS) is 19.3. The van der Waals surface area contributed by atoms with Gasteiger partial charge < -0.3 is 15.4 Å². The van der Waals surface area contributed by atoms with Crippen LogP contribution in [0.4, 0.5) is 5.69 Å². The first-order valence-electron chi connectivity index (χ1n) is 8.67. The number of amides is 1. The minimum absolute atomic E-state index is 0.0338. The van der Waals surface area contributed by atoms with E-state index < -0.39 is 0 Å². The molecule has 1 aromatic rings. The van der Waals surface area contributed by atoms with E-state index in [0.717, 1.165) is 36.4 Å². The van der Waals surface area contributed by atoms with E-state index in [1.54, 1.807) is 0 Å². The molecule has 1 aliphatic heterocycles. The maximum Gasteiger partial charge on any atom is 0.268 e. The van der Waals surface area contributed by atoms with Crippen LogP contribution in [0.3, 0.4) is 0 Å². The molecule has 0 saturated heterocycles. The minimum atomic E-state index is -0.374. The number of hydrogen-bond acceptors (Lipinski definition) is 3. The highest BCUT2D eigenvalue weighted by molar-refractivity contribution is 6.00. The zero-order valence-electron chi connectivity index (χ0n) is 15.1. The monoisotopic (exact) mass is 318 g/mol. The lowest BCUT2D eigenvalue weighted by molar-refractivity contribution is -0.126. The summed E-state index contributed by atoms with van der Waals surface area (Å²) in [5.74, 6) is 0.854. The molecule has 0 fully saturated rings. The molecule has 0 aromatic heterocycles. The van der Waals surface area contributed by atoms with Crippen LogP contribution in [0, 0.1) is 5.41 Å². The second-order valence-electron chi connectivity index (χ2n) is 7.43. The molecule has 2 N–H and O–H groups in total. The van der Waals surface area contributed by atoms with Gasteiger partial charge in [0.15, 0.2) is 6.10 Å². The van der Waals surface area contributed by atoms with Gasteiger partial charge in [0, 0.05) is 12.6 Å². The van der Waals surface area contributed by atoms with Crippen LogP contribution in [0.25, 0.3) is 0 Å². The van der Waals surface area contributed by atoms with Gasteiger partial charge in [-0.15, -0.1) is 0 Å². The number of hydrogen-bond donors (Lipinski definition) is 1. The summed E-state index contributed by atoms with van der Waals surface area (Å²) < 4.78 is 5.89. The summed E-state index contributed by atoms with van der Waals surface area (Å²) in [5, 5.41) is 0. The zero-order chi connectivity index (χ0) is 17.2. The lowest BCUT2D eigenvalue weighted by Crippen LogP contribution is -2.46. The molecule has 2 unspecified atom stereocenters. The topological polar surface area (TPSA) is 55.6 Å². The summed E-state index contributed by atoms with van der Waals surface area (Å²) in [6.07, 6.45) is 2.35. The third-order valence-corrected chi connectivity index (χ3v) is 4.48. The number of nitrogens with two attached hydrogens (primary N) is 1. The van der Waals surface area contributed by atoms with Crippen molar-refractivity contribution in [2.24, 2.45) is 11.1 Å². The molecular formula is C19H30N2O2. The predicted octanol–water partition coefficient (Wildman–Crippen LogP) is 4.04. The zero-order valence-corrected chi connectivity index (χ0v) is 15.1. The van der Waals surface area contributed by atoms with Crippen molar-refractivity contribution in [3.8, 4) is 5.75 Å². The molecule has 0 bridgehead atoms. The van der Waals surface area contributed by atoms with Crippen molar-refractivity contribution in [1.29, 1.82) is 0 Å². The molecule has 128 valence electrons. The third-order valence-electron chi connectivity index (χ3n) is 4.48. The highest BCUT2D eigenvalue weighted by Crippen LogP contribution is 2.39. The SMILES string of the molecule is CCCCN1C(=O)C(CC)Oc2ccc(C(N)C(C)(C)C)cc21. The van der Waals surface area contributed by atoms with E-state index in [4.69, 9.17) is 10.5 Å². The van der Waals surface area contributed by atoms with Crippen molar-refractivity contribution >= 4 is 11.6 Å². The van der Waals surface area contributed by atoms with Crippen molar-refractivity contribution < 1.29 is 9.53 Å². The van der Waals surface area contributed by atoms with E-state index >= 15 is 0 Å². The average molecular weight is 318 g/mol. The Labute approximate surface area is 140 Å². The molecule has 0 aliphatic carbocycles. The molecule has 4 heteroatoms. The van der Waals surface area contributed by atoms with Crippen LogP contribution < -0.4 is 15.4 Å². The summed E-state index contributed by atoms with van der Waals surface area (Å²) in [7, 11) is 0. The second-order valence-corrected chi connectivity index (χ2v) is 7.43. The van der Waals surface area contributed by atoms with Crippen LogP contribution in [0.1, 0.15) is 65.5 Å². The molecule has 1 aliphatic rings. The smallest absolute Gasteiger partial charge is 0.268 e. The summed E-state index contributed by atoms with van der Waals surface area (Å²) in [6, 6.07) is 5.93. The van der Waals surface area contributed by atoms with Crippen LogP contribution >= 0.6 is 0 Å². The van der Waals surface area contributed by atoms with Crippen molar-refractivity contribution in [2.45, 2.75) is 66.0 Å². The Hall–Kier alpha value is -1.55. The number of carbonyl (C=O) groups excluding carboxylic acids is 1. The summed E-state index contributed by atoms with van der Waals surface area (Å²) in [4.78, 5) is 14.6. The van der Waals surface area contributed by atoms with Gasteiger partial charge in [0.1, 0.15) is 5.75 Å². The number of nitrogens with zero attached hydrogens (tertiary/aromatic N) is 1. The maximum atomic E-state index is 12.7. The summed E-state index contributed by atoms with van der Waals surface area (Å²) >= 11 is 0. The Bertz CT molecular complexity index is 563. The van der Waals surface area contributed by atoms with Gasteiger partial charge in [-0.3, -0.25) is 4.79 Å². The fourth-order valence-electron chi connectivity index (χ4n) is 2.84. The number of fused-ring (bicyclic) bond motifs is 1. The molecule has 1 aromatic carbocycles. The molecule has 2 rings (SSSR count). The van der Waals surface area contributed by atoms with Gasteiger partial charge in [0.2, 0.25) is 0 Å². The first kappa shape index (κ1) is 17.8. The van der Waals surface area contributed by atoms with Crippen LogP contribution in [0.5, 0.6) is 5.75 Å². The standard InChI is InChI=1S/C19H30N2O2/c1-6-8-11-21-14-12-13(17(20)19(3,4)5)9-10-16(14)23-15(7-2)18(21)22/h9-10,12,15,17H,6-8,11,20H2,1-5H3. The van der Waals surface area contributed by atoms with E-state index in [2.05, 4.69) is 27.7 Å². The van der Waals surface area contributed by atoms with E-state index in [9.17, 15) is 4.79 Å². The molecule has 23 heavy (non-hydrogen) atoms. The number of benzene rings is 1. The first-order valence-corrected chi connectivity index (χ1v) is 8.67. The van der Waals surface area contributed by atoms with E-state index in [1.165, 1.54) is 0 Å². The van der Waals surface area contributed by atoms with Gasteiger partial charge >= 0.3 is 0 Å². The maximum absolute atomic E-state index is 12.7. The lowest BCUT2D eigenvalue weighted by atomic mass is 9.83. The molecule has 4 nitrogen and oxygen atoms in total. The van der Waals surface area contributed by atoms with Crippen LogP contribution in [0.2, 0.25) is 0 Å². The Morgan fingerprint density at radius 3 is 2.57 bits per heavy atom. The van der Waals surface area contributed by atoms with Crippen LogP contribution in [-0.2, 0) is 4.79 Å². The number of anilines is 1. The van der Waals surface area contributed by atoms with Gasteiger partial charge in [-0.1, -0.05) is 47.1 Å². The van der Waals surface area contributed by atoms with Crippen molar-refractivity contribution in [3.05, 3.63) is 23.8 Å². The Morgan fingerprint density at radius 1 is 1.30 bits per heavy atom. The first-order chi connectivity index (χ1) is 10.8. The third kappa shape index (κ3) is 3.69. The molecule has 0 saturated carbocycles. The molecule has 2 atom stereocenters. The lowest BCUT2D eigenvalue weighted by Gasteiger charge is -2.35. The van der Waals surface area contributed by atoms with Gasteiger partial charge in [0.25, 0.3) is 5.91 Å². The second kappa shape index (κ2) is 6.91. The number of unbranched alkanes of at least 4 members (excludes halogenated alkanes) is 1. The molecule has 0 radical (unpaired) electrons. The Balaban J connectivity index is 2.41. The number of rotatable bonds is 5. The van der Waals surface area contributed by atoms with Gasteiger partial charge in [0.05, 0.1) is 5.69 Å².